The van der Waals surface area contributed by atoms with Crippen LogP contribution in [0.2, 0.25) is 5.02 Å². The van der Waals surface area contributed by atoms with E-state index >= 15 is 0 Å². The number of aryl methyl sites for hydroxylation is 2. The second kappa shape index (κ2) is 7.78. The zero-order valence-electron chi connectivity index (χ0n) is 13.7. The van der Waals surface area contributed by atoms with E-state index in [2.05, 4.69) is 15.0 Å². The van der Waals surface area contributed by atoms with Crippen molar-refractivity contribution < 1.29 is 18.7 Å². The maximum absolute atomic E-state index is 13.7. The molecule has 0 saturated carbocycles. The Hall–Kier alpha value is -2.54. The Bertz CT molecular complexity index is 939. The molecule has 26 heavy (non-hydrogen) atoms. The molecule has 0 radical (unpaired) electrons. The van der Waals surface area contributed by atoms with E-state index < -0.39 is 17.6 Å². The Kier molecular flexibility index (Phi) is 5.46. The summed E-state index contributed by atoms with van der Waals surface area (Å²) < 4.78 is 27.5. The standard InChI is InChI=1S/C18H16ClF2N3O2/c19-11-9-15-18(24-16(22-15)5-2-6-17(25)26)23-14(11)8-7-10-12(20)3-1-4-13(10)21/h1,3-4,9H,2,5-8H2,(H,25,26)(H,22,23,24). The lowest BCUT2D eigenvalue weighted by atomic mass is 10.1. The molecule has 0 bridgehead atoms. The number of benzene rings is 1. The predicted octanol–water partition coefficient (Wildman–Crippen LogP) is 4.08. The quantitative estimate of drug-likeness (QED) is 0.648. The SMILES string of the molecule is O=C(O)CCCc1nc2nc(CCc3c(F)cccc3F)c(Cl)cc2[nH]1. The van der Waals surface area contributed by atoms with E-state index in [1.807, 2.05) is 0 Å². The van der Waals surface area contributed by atoms with Crippen molar-refractivity contribution in [2.45, 2.75) is 32.1 Å². The van der Waals surface area contributed by atoms with Gasteiger partial charge in [0.05, 0.1) is 16.2 Å². The third kappa shape index (κ3) is 4.16. The number of H-pyrrole nitrogens is 1. The molecule has 0 atom stereocenters. The highest BCUT2D eigenvalue weighted by Gasteiger charge is 2.13. The van der Waals surface area contributed by atoms with Crippen molar-refractivity contribution in [3.05, 3.63) is 58.0 Å². The number of aliphatic carboxylic acids is 1. The van der Waals surface area contributed by atoms with Gasteiger partial charge in [-0.2, -0.15) is 0 Å². The average Bonchev–Trinajstić information content (AvgIpc) is 2.95. The van der Waals surface area contributed by atoms with E-state index in [0.717, 1.165) is 0 Å². The topological polar surface area (TPSA) is 78.9 Å². The van der Waals surface area contributed by atoms with Crippen molar-refractivity contribution in [3.8, 4) is 0 Å². The average molecular weight is 380 g/mol. The Morgan fingerprint density at radius 3 is 2.58 bits per heavy atom. The van der Waals surface area contributed by atoms with Crippen LogP contribution in [0.4, 0.5) is 8.78 Å². The van der Waals surface area contributed by atoms with Crippen molar-refractivity contribution in [1.29, 1.82) is 0 Å². The molecule has 2 N–H and O–H groups in total. The molecule has 8 heteroatoms. The molecule has 136 valence electrons. The number of hydrogen-bond donors (Lipinski definition) is 2. The number of fused-ring (bicyclic) bond motifs is 1. The number of aromatic nitrogens is 3. The number of aromatic amines is 1. The van der Waals surface area contributed by atoms with Crippen LogP contribution >= 0.6 is 11.6 Å². The highest BCUT2D eigenvalue weighted by atomic mass is 35.5. The normalized spacial score (nSPS) is 11.2. The van der Waals surface area contributed by atoms with Crippen molar-refractivity contribution in [1.82, 2.24) is 15.0 Å². The highest BCUT2D eigenvalue weighted by molar-refractivity contribution is 6.31. The van der Waals surface area contributed by atoms with Gasteiger partial charge in [0.2, 0.25) is 0 Å². The van der Waals surface area contributed by atoms with Gasteiger partial charge in [-0.25, -0.2) is 18.7 Å². The molecule has 0 spiro atoms. The molecule has 0 aliphatic carbocycles. The third-order valence-electron chi connectivity index (χ3n) is 4.03. The molecule has 0 aliphatic rings. The minimum absolute atomic E-state index is 0.00171. The number of nitrogens with one attached hydrogen (secondary N) is 1. The van der Waals surface area contributed by atoms with E-state index in [1.54, 1.807) is 6.07 Å². The number of carboxylic acids is 1. The minimum Gasteiger partial charge on any atom is -0.481 e. The van der Waals surface area contributed by atoms with Crippen molar-refractivity contribution in [3.63, 3.8) is 0 Å². The lowest BCUT2D eigenvalue weighted by molar-refractivity contribution is -0.137. The summed E-state index contributed by atoms with van der Waals surface area (Å²) in [4.78, 5) is 22.3. The second-order valence-corrected chi connectivity index (χ2v) is 6.33. The van der Waals surface area contributed by atoms with Gasteiger partial charge < -0.3 is 10.1 Å². The van der Waals surface area contributed by atoms with Gasteiger partial charge in [-0.3, -0.25) is 4.79 Å². The summed E-state index contributed by atoms with van der Waals surface area (Å²) in [7, 11) is 0. The summed E-state index contributed by atoms with van der Waals surface area (Å²) >= 11 is 6.23. The Morgan fingerprint density at radius 2 is 1.88 bits per heavy atom. The number of hydrogen-bond acceptors (Lipinski definition) is 3. The fraction of sp³-hybridized carbons (Fsp3) is 0.278. The monoisotopic (exact) mass is 379 g/mol. The number of carboxylic acid groups (broad SMARTS) is 1. The van der Waals surface area contributed by atoms with Crippen LogP contribution in [0.15, 0.2) is 24.3 Å². The van der Waals surface area contributed by atoms with Crippen LogP contribution in [0.1, 0.15) is 29.9 Å². The van der Waals surface area contributed by atoms with Gasteiger partial charge in [0.1, 0.15) is 17.5 Å². The molecule has 3 aromatic rings. The van der Waals surface area contributed by atoms with Crippen molar-refractivity contribution >= 4 is 28.7 Å². The minimum atomic E-state index is -0.857. The number of rotatable bonds is 7. The number of nitrogens with zero attached hydrogens (tertiary/aromatic N) is 2. The second-order valence-electron chi connectivity index (χ2n) is 5.92. The predicted molar refractivity (Wildman–Crippen MR) is 93.2 cm³/mol. The first-order chi connectivity index (χ1) is 12.4. The summed E-state index contributed by atoms with van der Waals surface area (Å²) in [5.74, 6) is -1.42. The first-order valence-corrected chi connectivity index (χ1v) is 8.50. The van der Waals surface area contributed by atoms with Crippen LogP contribution in [0.25, 0.3) is 11.2 Å². The Balaban J connectivity index is 1.76. The lowest BCUT2D eigenvalue weighted by Gasteiger charge is -2.06. The summed E-state index contributed by atoms with van der Waals surface area (Å²) in [5.41, 5.74) is 1.59. The third-order valence-corrected chi connectivity index (χ3v) is 4.35. The van der Waals surface area contributed by atoms with Crippen molar-refractivity contribution in [2.75, 3.05) is 0 Å². The molecule has 1 aromatic carbocycles. The molecular formula is C18H16ClF2N3O2. The van der Waals surface area contributed by atoms with Crippen molar-refractivity contribution in [2.24, 2.45) is 0 Å². The molecule has 3 rings (SSSR count). The first kappa shape index (κ1) is 18.3. The number of imidazole rings is 1. The fourth-order valence-electron chi connectivity index (χ4n) is 2.72. The van der Waals surface area contributed by atoms with Crippen LogP contribution in [0.5, 0.6) is 0 Å². The van der Waals surface area contributed by atoms with Gasteiger partial charge in [-0.1, -0.05) is 17.7 Å². The highest BCUT2D eigenvalue weighted by Crippen LogP contribution is 2.23. The van der Waals surface area contributed by atoms with Crippen LogP contribution in [-0.2, 0) is 24.1 Å². The first-order valence-electron chi connectivity index (χ1n) is 8.12. The van der Waals surface area contributed by atoms with Gasteiger partial charge in [0, 0.05) is 18.4 Å². The number of halogens is 3. The lowest BCUT2D eigenvalue weighted by Crippen LogP contribution is -2.01. The summed E-state index contributed by atoms with van der Waals surface area (Å²) in [6.07, 6.45) is 1.41. The zero-order valence-corrected chi connectivity index (χ0v) is 14.5. The van der Waals surface area contributed by atoms with Gasteiger partial charge in [0.15, 0.2) is 5.65 Å². The van der Waals surface area contributed by atoms with Crippen LogP contribution < -0.4 is 0 Å². The molecule has 0 aliphatic heterocycles. The van der Waals surface area contributed by atoms with E-state index in [-0.39, 0.29) is 24.8 Å². The molecule has 2 aromatic heterocycles. The van der Waals surface area contributed by atoms with E-state index in [1.165, 1.54) is 18.2 Å². The van der Waals surface area contributed by atoms with Gasteiger partial charge in [0.25, 0.3) is 0 Å². The number of carbonyl (C=O) groups is 1. The molecule has 0 fully saturated rings. The van der Waals surface area contributed by atoms with Gasteiger partial charge in [-0.05, 0) is 37.5 Å². The molecule has 0 unspecified atom stereocenters. The Morgan fingerprint density at radius 1 is 1.15 bits per heavy atom. The summed E-state index contributed by atoms with van der Waals surface area (Å²) in [5, 5.41) is 9.07. The van der Waals surface area contributed by atoms with E-state index in [0.29, 0.717) is 40.5 Å². The molecule has 2 heterocycles. The van der Waals surface area contributed by atoms with Crippen LogP contribution in [0, 0.1) is 11.6 Å². The fourth-order valence-corrected chi connectivity index (χ4v) is 2.97. The summed E-state index contributed by atoms with van der Waals surface area (Å²) in [6, 6.07) is 5.42. The zero-order chi connectivity index (χ0) is 18.7. The molecule has 5 nitrogen and oxygen atoms in total. The van der Waals surface area contributed by atoms with E-state index in [4.69, 9.17) is 16.7 Å². The Labute approximate surface area is 153 Å². The molecular weight excluding hydrogens is 364 g/mol. The van der Waals surface area contributed by atoms with Crippen LogP contribution in [-0.4, -0.2) is 26.0 Å². The molecule has 0 saturated heterocycles. The largest absolute Gasteiger partial charge is 0.481 e. The number of pyridine rings is 1. The van der Waals surface area contributed by atoms with Gasteiger partial charge in [-0.15, -0.1) is 0 Å². The maximum Gasteiger partial charge on any atom is 0.303 e. The summed E-state index contributed by atoms with van der Waals surface area (Å²) in [6.45, 7) is 0. The van der Waals surface area contributed by atoms with Crippen LogP contribution in [0.3, 0.4) is 0 Å². The smallest absolute Gasteiger partial charge is 0.303 e. The maximum atomic E-state index is 13.7. The van der Waals surface area contributed by atoms with Gasteiger partial charge >= 0.3 is 5.97 Å². The molecule has 0 amide bonds. The van der Waals surface area contributed by atoms with E-state index in [9.17, 15) is 13.6 Å².